The van der Waals surface area contributed by atoms with Gasteiger partial charge in [0.15, 0.2) is 0 Å². The summed E-state index contributed by atoms with van der Waals surface area (Å²) in [5.41, 5.74) is 2.32. The first-order chi connectivity index (χ1) is 5.70. The third-order valence-electron chi connectivity index (χ3n) is 1.77. The van der Waals surface area contributed by atoms with Gasteiger partial charge in [-0.15, -0.1) is 0 Å². The van der Waals surface area contributed by atoms with Crippen LogP contribution in [-0.2, 0) is 0 Å². The third kappa shape index (κ3) is 2.53. The number of H-pyrrole nitrogens is 1. The van der Waals surface area contributed by atoms with E-state index in [0.717, 1.165) is 18.0 Å². The summed E-state index contributed by atoms with van der Waals surface area (Å²) >= 11 is 0. The number of rotatable bonds is 3. The lowest BCUT2D eigenvalue weighted by Gasteiger charge is -1.95. The van der Waals surface area contributed by atoms with E-state index in [0.29, 0.717) is 0 Å². The molecule has 1 aromatic rings. The minimum absolute atomic E-state index is 0.730. The molecule has 0 aromatic carbocycles. The second kappa shape index (κ2) is 4.10. The Hall–Kier alpha value is -1.05. The van der Waals surface area contributed by atoms with Crippen LogP contribution in [0, 0.1) is 12.8 Å². The largest absolute Gasteiger partial charge is 0.282 e. The molecule has 1 aromatic heterocycles. The number of aromatic nitrogens is 2. The zero-order chi connectivity index (χ0) is 8.97. The van der Waals surface area contributed by atoms with E-state index in [1.165, 1.54) is 5.56 Å². The first-order valence-electron chi connectivity index (χ1n) is 4.36. The fourth-order valence-corrected chi connectivity index (χ4v) is 0.995. The number of nitrogens with zero attached hydrogens (tertiary/aromatic N) is 1. The van der Waals surface area contributed by atoms with Crippen LogP contribution >= 0.6 is 0 Å². The van der Waals surface area contributed by atoms with Crippen molar-refractivity contribution < 1.29 is 0 Å². The molecule has 1 rings (SSSR count). The van der Waals surface area contributed by atoms with E-state index < -0.39 is 0 Å². The fourth-order valence-electron chi connectivity index (χ4n) is 0.995. The maximum atomic E-state index is 3.94. The van der Waals surface area contributed by atoms with Crippen LogP contribution in [0.15, 0.2) is 12.3 Å². The highest BCUT2D eigenvalue weighted by molar-refractivity contribution is 5.50. The molecule has 66 valence electrons. The van der Waals surface area contributed by atoms with Crippen molar-refractivity contribution in [2.45, 2.75) is 27.2 Å². The van der Waals surface area contributed by atoms with Gasteiger partial charge in [0.1, 0.15) is 0 Å². The zero-order valence-electron chi connectivity index (χ0n) is 7.96. The Bertz CT molecular complexity index is 259. The van der Waals surface area contributed by atoms with Gasteiger partial charge in [0.2, 0.25) is 0 Å². The van der Waals surface area contributed by atoms with Gasteiger partial charge < -0.3 is 0 Å². The van der Waals surface area contributed by atoms with Gasteiger partial charge in [-0.1, -0.05) is 26.0 Å². The molecule has 0 fully saturated rings. The summed E-state index contributed by atoms with van der Waals surface area (Å²) in [4.78, 5) is 0. The van der Waals surface area contributed by atoms with Crippen molar-refractivity contribution in [2.75, 3.05) is 0 Å². The molecule has 0 unspecified atom stereocenters. The Morgan fingerprint density at radius 1 is 1.58 bits per heavy atom. The van der Waals surface area contributed by atoms with Crippen molar-refractivity contribution in [2.24, 2.45) is 5.92 Å². The number of allylic oxidation sites excluding steroid dienone is 1. The topological polar surface area (TPSA) is 28.7 Å². The molecule has 12 heavy (non-hydrogen) atoms. The quantitative estimate of drug-likeness (QED) is 0.731. The van der Waals surface area contributed by atoms with Crippen molar-refractivity contribution >= 4 is 6.08 Å². The maximum absolute atomic E-state index is 3.94. The van der Waals surface area contributed by atoms with Crippen molar-refractivity contribution in [1.29, 1.82) is 0 Å². The van der Waals surface area contributed by atoms with Gasteiger partial charge in [-0.25, -0.2) is 0 Å². The molecule has 0 aliphatic rings. The molecule has 0 saturated heterocycles. The van der Waals surface area contributed by atoms with Crippen LogP contribution in [0.4, 0.5) is 0 Å². The van der Waals surface area contributed by atoms with Gasteiger partial charge in [-0.3, -0.25) is 5.10 Å². The smallest absolute Gasteiger partial charge is 0.0562 e. The van der Waals surface area contributed by atoms with Crippen LogP contribution in [-0.4, -0.2) is 10.2 Å². The van der Waals surface area contributed by atoms with Gasteiger partial charge in [-0.05, 0) is 19.3 Å². The van der Waals surface area contributed by atoms with E-state index >= 15 is 0 Å². The van der Waals surface area contributed by atoms with Gasteiger partial charge >= 0.3 is 0 Å². The molecule has 2 heteroatoms. The van der Waals surface area contributed by atoms with Gasteiger partial charge in [-0.2, -0.15) is 5.10 Å². The molecule has 0 radical (unpaired) electrons. The lowest BCUT2D eigenvalue weighted by atomic mass is 10.1. The number of aromatic amines is 1. The summed E-state index contributed by atoms with van der Waals surface area (Å²) in [7, 11) is 0. The molecule has 1 heterocycles. The minimum Gasteiger partial charge on any atom is -0.282 e. The molecule has 0 atom stereocenters. The lowest BCUT2D eigenvalue weighted by molar-refractivity contribution is 0.665. The number of nitrogens with one attached hydrogen (secondary N) is 1. The van der Waals surface area contributed by atoms with Gasteiger partial charge in [0.05, 0.1) is 6.20 Å². The number of hydrogen-bond donors (Lipinski definition) is 1. The predicted molar refractivity (Wildman–Crippen MR) is 51.8 cm³/mol. The van der Waals surface area contributed by atoms with Crippen LogP contribution in [0.1, 0.15) is 31.5 Å². The summed E-state index contributed by atoms with van der Waals surface area (Å²) in [5.74, 6) is 0.730. The summed E-state index contributed by atoms with van der Waals surface area (Å²) in [6, 6.07) is 0. The summed E-state index contributed by atoms with van der Waals surface area (Å²) in [6.07, 6.45) is 7.30. The molecule has 1 N–H and O–H groups in total. The highest BCUT2D eigenvalue weighted by Crippen LogP contribution is 2.07. The molecular formula is C10H16N2. The van der Waals surface area contributed by atoms with Crippen molar-refractivity contribution in [1.82, 2.24) is 10.2 Å². The highest BCUT2D eigenvalue weighted by atomic mass is 15.1. The Morgan fingerprint density at radius 2 is 2.33 bits per heavy atom. The Kier molecular flexibility index (Phi) is 3.09. The lowest BCUT2D eigenvalue weighted by Crippen LogP contribution is -1.81. The average Bonchev–Trinajstić information content (AvgIpc) is 2.36. The summed E-state index contributed by atoms with van der Waals surface area (Å²) in [5, 5.41) is 6.85. The highest BCUT2D eigenvalue weighted by Gasteiger charge is 1.94. The third-order valence-corrected chi connectivity index (χ3v) is 1.77. The van der Waals surface area contributed by atoms with E-state index in [4.69, 9.17) is 0 Å². The van der Waals surface area contributed by atoms with Gasteiger partial charge in [0.25, 0.3) is 0 Å². The number of aryl methyl sites for hydroxylation is 1. The van der Waals surface area contributed by atoms with Crippen molar-refractivity contribution in [3.8, 4) is 0 Å². The maximum Gasteiger partial charge on any atom is 0.0562 e. The molecular weight excluding hydrogens is 148 g/mol. The first-order valence-corrected chi connectivity index (χ1v) is 4.36. The average molecular weight is 164 g/mol. The Balaban J connectivity index is 2.52. The predicted octanol–water partition coefficient (Wildman–Crippen LogP) is 2.78. The summed E-state index contributed by atoms with van der Waals surface area (Å²) < 4.78 is 0. The molecule has 0 spiro atoms. The zero-order valence-corrected chi connectivity index (χ0v) is 7.96. The van der Waals surface area contributed by atoms with Crippen LogP contribution in [0.25, 0.3) is 6.08 Å². The number of hydrogen-bond acceptors (Lipinski definition) is 1. The van der Waals surface area contributed by atoms with Crippen LogP contribution in [0.2, 0.25) is 0 Å². The van der Waals surface area contributed by atoms with Gasteiger partial charge in [0, 0.05) is 11.3 Å². The Labute approximate surface area is 73.7 Å². The van der Waals surface area contributed by atoms with Crippen LogP contribution in [0.3, 0.4) is 0 Å². The molecule has 0 saturated carbocycles. The molecule has 0 bridgehead atoms. The van der Waals surface area contributed by atoms with E-state index in [9.17, 15) is 0 Å². The van der Waals surface area contributed by atoms with Crippen LogP contribution < -0.4 is 0 Å². The fraction of sp³-hybridized carbons (Fsp3) is 0.500. The normalized spacial score (nSPS) is 11.7. The van der Waals surface area contributed by atoms with E-state index in [1.54, 1.807) is 0 Å². The van der Waals surface area contributed by atoms with E-state index in [2.05, 4.69) is 36.2 Å². The SMILES string of the molecule is Cc1[nH]ncc1/C=C/CC(C)C. The molecule has 0 aliphatic carbocycles. The standard InChI is InChI=1S/C10H16N2/c1-8(2)5-4-6-10-7-11-12-9(10)3/h4,6-8H,5H2,1-3H3,(H,11,12)/b6-4+. The summed E-state index contributed by atoms with van der Waals surface area (Å²) in [6.45, 7) is 6.46. The Morgan fingerprint density at radius 3 is 2.83 bits per heavy atom. The van der Waals surface area contributed by atoms with E-state index in [1.807, 2.05) is 13.1 Å². The molecule has 0 aliphatic heterocycles. The minimum atomic E-state index is 0.730. The van der Waals surface area contributed by atoms with Crippen molar-refractivity contribution in [3.63, 3.8) is 0 Å². The first kappa shape index (κ1) is 9.04. The van der Waals surface area contributed by atoms with Crippen LogP contribution in [0.5, 0.6) is 0 Å². The monoisotopic (exact) mass is 164 g/mol. The van der Waals surface area contributed by atoms with Crippen molar-refractivity contribution in [3.05, 3.63) is 23.5 Å². The molecule has 2 nitrogen and oxygen atoms in total. The second-order valence-corrected chi connectivity index (χ2v) is 3.48. The van der Waals surface area contributed by atoms with E-state index in [-0.39, 0.29) is 0 Å². The second-order valence-electron chi connectivity index (χ2n) is 3.48. The molecule has 0 amide bonds.